The molecule has 0 aliphatic heterocycles. The zero-order valence-electron chi connectivity index (χ0n) is 16.0. The quantitative estimate of drug-likeness (QED) is 0.269. The minimum absolute atomic E-state index is 0.398. The third kappa shape index (κ3) is 3.93. The fourth-order valence-corrected chi connectivity index (χ4v) is 3.51. The van der Waals surface area contributed by atoms with Crippen LogP contribution in [0.2, 0.25) is 0 Å². The Labute approximate surface area is 173 Å². The number of carbonyl (C=O) groups excluding carboxylic acids is 1. The van der Waals surface area contributed by atoms with Crippen molar-refractivity contribution in [1.82, 2.24) is 9.97 Å². The van der Waals surface area contributed by atoms with Crippen LogP contribution < -0.4 is 5.32 Å². The number of benzene rings is 3. The van der Waals surface area contributed by atoms with E-state index in [0.717, 1.165) is 27.7 Å². The van der Waals surface area contributed by atoms with Gasteiger partial charge in [0, 0.05) is 11.1 Å². The van der Waals surface area contributed by atoms with Gasteiger partial charge in [0.1, 0.15) is 5.82 Å². The second-order valence-corrected chi connectivity index (χ2v) is 7.10. The first-order valence-electron chi connectivity index (χ1n) is 9.05. The summed E-state index contributed by atoms with van der Waals surface area (Å²) >= 11 is 1.47. The number of fused-ring (bicyclic) bond motifs is 1. The Kier molecular flexibility index (Phi) is 5.44. The Bertz CT molecular complexity index is 1170. The fourth-order valence-electron chi connectivity index (χ4n) is 3.13. The molecule has 0 radical (unpaired) electrons. The van der Waals surface area contributed by atoms with Crippen molar-refractivity contribution >= 4 is 40.1 Å². The number of hydrogen-bond acceptors (Lipinski definition) is 6. The minimum atomic E-state index is -0.398. The molecule has 29 heavy (non-hydrogen) atoms. The Hall–Kier alpha value is -3.38. The van der Waals surface area contributed by atoms with Crippen LogP contribution in [-0.4, -0.2) is 29.3 Å². The number of anilines is 2. The Balaban J connectivity index is 1.96. The standard InChI is InChI=1S/C23H19N3O2S/c1-28-22(27)18-13-19-20(14-17(18)15-9-5-3-6-10-15)25-23(29-2)26-21(19)24-16-11-7-4-8-12-16/h3-14H,1-2H3,(H,24,25,26). The summed E-state index contributed by atoms with van der Waals surface area (Å²) in [5, 5.41) is 4.76. The van der Waals surface area contributed by atoms with Crippen LogP contribution in [-0.2, 0) is 4.74 Å². The van der Waals surface area contributed by atoms with E-state index in [0.29, 0.717) is 16.5 Å². The van der Waals surface area contributed by atoms with E-state index in [-0.39, 0.29) is 0 Å². The molecular weight excluding hydrogens is 382 g/mol. The van der Waals surface area contributed by atoms with E-state index in [1.54, 1.807) is 6.07 Å². The largest absolute Gasteiger partial charge is 0.465 e. The van der Waals surface area contributed by atoms with E-state index < -0.39 is 5.97 Å². The molecule has 1 N–H and O–H groups in total. The number of thioether (sulfide) groups is 1. The Morgan fingerprint density at radius 2 is 1.66 bits per heavy atom. The molecule has 4 aromatic rings. The molecule has 0 aliphatic carbocycles. The van der Waals surface area contributed by atoms with Crippen molar-refractivity contribution in [2.75, 3.05) is 18.7 Å². The van der Waals surface area contributed by atoms with Crippen LogP contribution in [0.15, 0.2) is 78.0 Å². The fraction of sp³-hybridized carbons (Fsp3) is 0.0870. The number of rotatable bonds is 5. The molecule has 0 saturated carbocycles. The zero-order chi connectivity index (χ0) is 20.2. The van der Waals surface area contributed by atoms with Crippen molar-refractivity contribution in [3.8, 4) is 11.1 Å². The SMILES string of the molecule is COC(=O)c1cc2c(Nc3ccccc3)nc(SC)nc2cc1-c1ccccc1. The molecule has 4 rings (SSSR count). The molecule has 0 atom stereocenters. The van der Waals surface area contributed by atoms with Crippen LogP contribution in [0, 0.1) is 0 Å². The molecule has 144 valence electrons. The van der Waals surface area contributed by atoms with E-state index in [9.17, 15) is 4.79 Å². The lowest BCUT2D eigenvalue weighted by Crippen LogP contribution is -2.06. The average molecular weight is 401 g/mol. The normalized spacial score (nSPS) is 10.7. The number of nitrogens with one attached hydrogen (secondary N) is 1. The molecule has 0 spiro atoms. The lowest BCUT2D eigenvalue weighted by Gasteiger charge is -2.14. The highest BCUT2D eigenvalue weighted by Gasteiger charge is 2.18. The lowest BCUT2D eigenvalue weighted by atomic mass is 9.97. The number of ether oxygens (including phenoxy) is 1. The number of hydrogen-bond donors (Lipinski definition) is 1. The van der Waals surface area contributed by atoms with Gasteiger partial charge >= 0.3 is 5.97 Å². The van der Waals surface area contributed by atoms with Crippen molar-refractivity contribution in [3.05, 3.63) is 78.4 Å². The number of methoxy groups -OCH3 is 1. The molecule has 0 aliphatic rings. The molecule has 0 saturated heterocycles. The summed E-state index contributed by atoms with van der Waals surface area (Å²) in [6.45, 7) is 0. The summed E-state index contributed by atoms with van der Waals surface area (Å²) in [7, 11) is 1.39. The predicted octanol–water partition coefficient (Wildman–Crippen LogP) is 5.55. The van der Waals surface area contributed by atoms with Crippen LogP contribution in [0.3, 0.4) is 0 Å². The molecule has 0 amide bonds. The molecule has 0 fully saturated rings. The number of nitrogens with zero attached hydrogens (tertiary/aromatic N) is 2. The van der Waals surface area contributed by atoms with E-state index >= 15 is 0 Å². The summed E-state index contributed by atoms with van der Waals surface area (Å²) < 4.78 is 5.05. The number of aromatic nitrogens is 2. The molecule has 1 aromatic heterocycles. The van der Waals surface area contributed by atoms with E-state index in [1.165, 1.54) is 18.9 Å². The maximum absolute atomic E-state index is 12.6. The van der Waals surface area contributed by atoms with Gasteiger partial charge in [0.05, 0.1) is 18.2 Å². The van der Waals surface area contributed by atoms with Crippen molar-refractivity contribution in [3.63, 3.8) is 0 Å². The Morgan fingerprint density at radius 1 is 0.966 bits per heavy atom. The van der Waals surface area contributed by atoms with Gasteiger partial charge in [0.15, 0.2) is 5.16 Å². The number of carbonyl (C=O) groups is 1. The van der Waals surface area contributed by atoms with Gasteiger partial charge in [0.25, 0.3) is 0 Å². The molecule has 0 unspecified atom stereocenters. The number of para-hydroxylation sites is 1. The van der Waals surface area contributed by atoms with Gasteiger partial charge in [-0.1, -0.05) is 60.3 Å². The smallest absolute Gasteiger partial charge is 0.338 e. The molecule has 5 nitrogen and oxygen atoms in total. The predicted molar refractivity (Wildman–Crippen MR) is 118 cm³/mol. The highest BCUT2D eigenvalue weighted by molar-refractivity contribution is 7.98. The van der Waals surface area contributed by atoms with Crippen LogP contribution in [0.25, 0.3) is 22.0 Å². The third-order valence-electron chi connectivity index (χ3n) is 4.52. The Morgan fingerprint density at radius 3 is 2.31 bits per heavy atom. The van der Waals surface area contributed by atoms with Gasteiger partial charge in [-0.2, -0.15) is 0 Å². The molecule has 1 heterocycles. The molecular formula is C23H19N3O2S. The first kappa shape index (κ1) is 19.0. The summed E-state index contributed by atoms with van der Waals surface area (Å²) in [6, 6.07) is 23.3. The van der Waals surface area contributed by atoms with Crippen LogP contribution in [0.5, 0.6) is 0 Å². The van der Waals surface area contributed by atoms with Crippen molar-refractivity contribution < 1.29 is 9.53 Å². The highest BCUT2D eigenvalue weighted by atomic mass is 32.2. The second-order valence-electron chi connectivity index (χ2n) is 6.32. The first-order chi connectivity index (χ1) is 14.2. The highest BCUT2D eigenvalue weighted by Crippen LogP contribution is 2.33. The van der Waals surface area contributed by atoms with Gasteiger partial charge in [-0.3, -0.25) is 0 Å². The van der Waals surface area contributed by atoms with Crippen LogP contribution >= 0.6 is 11.8 Å². The minimum Gasteiger partial charge on any atom is -0.465 e. The molecule has 0 bridgehead atoms. The van der Waals surface area contributed by atoms with E-state index in [1.807, 2.05) is 73.0 Å². The van der Waals surface area contributed by atoms with Gasteiger partial charge in [-0.25, -0.2) is 14.8 Å². The summed E-state index contributed by atoms with van der Waals surface area (Å²) in [5.74, 6) is 0.251. The van der Waals surface area contributed by atoms with E-state index in [2.05, 4.69) is 15.3 Å². The maximum Gasteiger partial charge on any atom is 0.338 e. The maximum atomic E-state index is 12.6. The van der Waals surface area contributed by atoms with Crippen molar-refractivity contribution in [1.29, 1.82) is 0 Å². The third-order valence-corrected chi connectivity index (χ3v) is 5.07. The van der Waals surface area contributed by atoms with Gasteiger partial charge in [-0.15, -0.1) is 0 Å². The number of esters is 1. The van der Waals surface area contributed by atoms with Crippen LogP contribution in [0.1, 0.15) is 10.4 Å². The van der Waals surface area contributed by atoms with Gasteiger partial charge in [0.2, 0.25) is 0 Å². The van der Waals surface area contributed by atoms with E-state index in [4.69, 9.17) is 4.74 Å². The topological polar surface area (TPSA) is 64.1 Å². The first-order valence-corrected chi connectivity index (χ1v) is 10.3. The monoisotopic (exact) mass is 401 g/mol. The average Bonchev–Trinajstić information content (AvgIpc) is 2.78. The van der Waals surface area contributed by atoms with Crippen molar-refractivity contribution in [2.45, 2.75) is 5.16 Å². The second kappa shape index (κ2) is 8.32. The van der Waals surface area contributed by atoms with Gasteiger partial charge in [-0.05, 0) is 41.6 Å². The summed E-state index contributed by atoms with van der Waals surface area (Å²) in [6.07, 6.45) is 1.94. The lowest BCUT2D eigenvalue weighted by molar-refractivity contribution is 0.0602. The van der Waals surface area contributed by atoms with Crippen LogP contribution in [0.4, 0.5) is 11.5 Å². The summed E-state index contributed by atoms with van der Waals surface area (Å²) in [5.41, 5.74) is 3.85. The zero-order valence-corrected chi connectivity index (χ0v) is 16.9. The molecule has 3 aromatic carbocycles. The van der Waals surface area contributed by atoms with Crippen molar-refractivity contribution in [2.24, 2.45) is 0 Å². The summed E-state index contributed by atoms with van der Waals surface area (Å²) in [4.78, 5) is 21.9. The van der Waals surface area contributed by atoms with Gasteiger partial charge < -0.3 is 10.1 Å². The molecule has 6 heteroatoms.